The van der Waals surface area contributed by atoms with Crippen LogP contribution in [0.2, 0.25) is 0 Å². The highest BCUT2D eigenvalue weighted by molar-refractivity contribution is 5.85. The molecule has 1 atom stereocenters. The number of nitrogens with one attached hydrogen (secondary N) is 1. The van der Waals surface area contributed by atoms with Gasteiger partial charge in [-0.05, 0) is 36.5 Å². The first-order valence-electron chi connectivity index (χ1n) is 7.79. The van der Waals surface area contributed by atoms with Crippen molar-refractivity contribution < 1.29 is 4.74 Å². The topological polar surface area (TPSA) is 24.5 Å². The average Bonchev–Trinajstić information content (AvgIpc) is 2.49. The van der Waals surface area contributed by atoms with Crippen molar-refractivity contribution in [3.05, 3.63) is 29.8 Å². The summed E-state index contributed by atoms with van der Waals surface area (Å²) >= 11 is 0. The van der Waals surface area contributed by atoms with E-state index in [1.165, 1.54) is 18.4 Å². The van der Waals surface area contributed by atoms with E-state index in [1.54, 1.807) is 7.11 Å². The lowest BCUT2D eigenvalue weighted by molar-refractivity contribution is 0.159. The van der Waals surface area contributed by atoms with Gasteiger partial charge in [0.2, 0.25) is 0 Å². The summed E-state index contributed by atoms with van der Waals surface area (Å²) in [7, 11) is 1.72. The molecule has 0 aliphatic carbocycles. The highest BCUT2D eigenvalue weighted by atomic mass is 35.5. The summed E-state index contributed by atoms with van der Waals surface area (Å²) in [6, 6.07) is 9.17. The number of hydrogen-bond acceptors (Lipinski definition) is 3. The third-order valence-electron chi connectivity index (χ3n) is 4.11. The van der Waals surface area contributed by atoms with Gasteiger partial charge < -0.3 is 10.1 Å². The Morgan fingerprint density at radius 3 is 2.14 bits per heavy atom. The van der Waals surface area contributed by atoms with Gasteiger partial charge in [0, 0.05) is 32.2 Å². The second-order valence-corrected chi connectivity index (χ2v) is 6.05. The summed E-state index contributed by atoms with van der Waals surface area (Å²) in [5.41, 5.74) is 1.42. The zero-order valence-corrected chi connectivity index (χ0v) is 15.5. The first-order chi connectivity index (χ1) is 9.70. The molecule has 1 N–H and O–H groups in total. The lowest BCUT2D eigenvalue weighted by Crippen LogP contribution is -2.45. The molecule has 128 valence electrons. The molecule has 0 unspecified atom stereocenters. The summed E-state index contributed by atoms with van der Waals surface area (Å²) < 4.78 is 5.27. The van der Waals surface area contributed by atoms with Crippen molar-refractivity contribution in [3.63, 3.8) is 0 Å². The van der Waals surface area contributed by atoms with E-state index in [1.807, 2.05) is 0 Å². The second-order valence-electron chi connectivity index (χ2n) is 6.05. The molecule has 0 radical (unpaired) electrons. The molecule has 0 bridgehead atoms. The maximum atomic E-state index is 5.27. The average molecular weight is 349 g/mol. The van der Waals surface area contributed by atoms with Gasteiger partial charge in [0.15, 0.2) is 0 Å². The van der Waals surface area contributed by atoms with Crippen molar-refractivity contribution in [2.45, 2.75) is 32.7 Å². The van der Waals surface area contributed by atoms with E-state index in [0.29, 0.717) is 6.04 Å². The van der Waals surface area contributed by atoms with Gasteiger partial charge in [0.05, 0.1) is 7.11 Å². The molecule has 2 rings (SSSR count). The maximum absolute atomic E-state index is 5.27. The van der Waals surface area contributed by atoms with E-state index >= 15 is 0 Å². The van der Waals surface area contributed by atoms with E-state index in [2.05, 4.69) is 48.3 Å². The normalized spacial score (nSPS) is 16.5. The fourth-order valence-corrected chi connectivity index (χ4v) is 2.87. The highest BCUT2D eigenvalue weighted by Crippen LogP contribution is 2.29. The van der Waals surface area contributed by atoms with Gasteiger partial charge in [-0.25, -0.2) is 0 Å². The Hall–Kier alpha value is -0.480. The van der Waals surface area contributed by atoms with Crippen molar-refractivity contribution in [2.24, 2.45) is 5.92 Å². The number of ether oxygens (including phenoxy) is 1. The van der Waals surface area contributed by atoms with Crippen molar-refractivity contribution in [2.75, 3.05) is 33.3 Å². The van der Waals surface area contributed by atoms with E-state index in [9.17, 15) is 0 Å². The van der Waals surface area contributed by atoms with Crippen LogP contribution >= 0.6 is 24.8 Å². The quantitative estimate of drug-likeness (QED) is 0.842. The molecule has 1 aliphatic rings. The van der Waals surface area contributed by atoms with Gasteiger partial charge in [0.25, 0.3) is 0 Å². The molecule has 1 heterocycles. The van der Waals surface area contributed by atoms with Crippen LogP contribution in [-0.2, 0) is 0 Å². The number of rotatable bonds is 6. The molecular weight excluding hydrogens is 319 g/mol. The summed E-state index contributed by atoms with van der Waals surface area (Å²) in [5, 5.41) is 3.44. The first kappa shape index (κ1) is 21.5. The van der Waals surface area contributed by atoms with Crippen LogP contribution < -0.4 is 10.1 Å². The van der Waals surface area contributed by atoms with Crippen molar-refractivity contribution >= 4 is 24.8 Å². The molecule has 0 spiro atoms. The Balaban J connectivity index is 0.00000220. The Morgan fingerprint density at radius 1 is 1.05 bits per heavy atom. The third-order valence-corrected chi connectivity index (χ3v) is 4.11. The van der Waals surface area contributed by atoms with Crippen LogP contribution in [0.5, 0.6) is 5.75 Å². The van der Waals surface area contributed by atoms with Gasteiger partial charge in [-0.3, -0.25) is 4.90 Å². The van der Waals surface area contributed by atoms with Crippen molar-refractivity contribution in [3.8, 4) is 5.75 Å². The molecule has 1 saturated heterocycles. The molecule has 0 amide bonds. The number of halogens is 2. The van der Waals surface area contributed by atoms with Gasteiger partial charge in [-0.2, -0.15) is 0 Å². The number of nitrogens with zero attached hydrogens (tertiary/aromatic N) is 1. The zero-order chi connectivity index (χ0) is 14.4. The number of piperazine rings is 1. The summed E-state index contributed by atoms with van der Waals surface area (Å²) in [5.74, 6) is 1.70. The molecule has 1 aliphatic heterocycles. The zero-order valence-electron chi connectivity index (χ0n) is 13.9. The molecule has 1 aromatic carbocycles. The Morgan fingerprint density at radius 2 is 1.64 bits per heavy atom. The van der Waals surface area contributed by atoms with Crippen LogP contribution in [0.1, 0.15) is 38.3 Å². The Kier molecular flexibility index (Phi) is 10.9. The lowest BCUT2D eigenvalue weighted by atomic mass is 9.95. The predicted molar refractivity (Wildman–Crippen MR) is 98.7 cm³/mol. The third kappa shape index (κ3) is 6.33. The van der Waals surface area contributed by atoms with Crippen LogP contribution in [0.4, 0.5) is 0 Å². The SMILES string of the molecule is COc1ccc([C@H](CCC(C)C)N2CCNCC2)cc1.Cl.Cl. The predicted octanol–water partition coefficient (Wildman–Crippen LogP) is 3.92. The fraction of sp³-hybridized carbons (Fsp3) is 0.647. The molecule has 0 saturated carbocycles. The van der Waals surface area contributed by atoms with Crippen LogP contribution in [0.25, 0.3) is 0 Å². The summed E-state index contributed by atoms with van der Waals surface area (Å²) in [6.45, 7) is 9.12. The molecule has 5 heteroatoms. The Labute approximate surface area is 147 Å². The van der Waals surface area contributed by atoms with Crippen LogP contribution in [-0.4, -0.2) is 38.2 Å². The fourth-order valence-electron chi connectivity index (χ4n) is 2.87. The molecule has 1 fully saturated rings. The number of methoxy groups -OCH3 is 1. The molecule has 1 aromatic rings. The minimum Gasteiger partial charge on any atom is -0.497 e. The Bertz CT molecular complexity index is 392. The van der Waals surface area contributed by atoms with Crippen molar-refractivity contribution in [1.82, 2.24) is 10.2 Å². The monoisotopic (exact) mass is 348 g/mol. The first-order valence-corrected chi connectivity index (χ1v) is 7.79. The minimum absolute atomic E-state index is 0. The lowest BCUT2D eigenvalue weighted by Gasteiger charge is -2.35. The molecule has 0 aromatic heterocycles. The van der Waals surface area contributed by atoms with Crippen LogP contribution in [0.15, 0.2) is 24.3 Å². The standard InChI is InChI=1S/C17H28N2O.2ClH/c1-14(2)4-9-17(19-12-10-18-11-13-19)15-5-7-16(20-3)8-6-15;;/h5-8,14,17-18H,4,9-13H2,1-3H3;2*1H/t17-;;/m0../s1. The van der Waals surface area contributed by atoms with Crippen LogP contribution in [0, 0.1) is 5.92 Å². The van der Waals surface area contributed by atoms with Crippen molar-refractivity contribution in [1.29, 1.82) is 0 Å². The van der Waals surface area contributed by atoms with E-state index in [0.717, 1.165) is 37.8 Å². The van der Waals surface area contributed by atoms with Crippen LogP contribution in [0.3, 0.4) is 0 Å². The van der Waals surface area contributed by atoms with E-state index in [4.69, 9.17) is 4.74 Å². The van der Waals surface area contributed by atoms with Gasteiger partial charge >= 0.3 is 0 Å². The molecule has 3 nitrogen and oxygen atoms in total. The van der Waals surface area contributed by atoms with E-state index < -0.39 is 0 Å². The highest BCUT2D eigenvalue weighted by Gasteiger charge is 2.22. The summed E-state index contributed by atoms with van der Waals surface area (Å²) in [6.07, 6.45) is 2.52. The molecule has 22 heavy (non-hydrogen) atoms. The largest absolute Gasteiger partial charge is 0.497 e. The minimum atomic E-state index is 0. The second kappa shape index (κ2) is 11.1. The number of hydrogen-bond donors (Lipinski definition) is 1. The maximum Gasteiger partial charge on any atom is 0.118 e. The summed E-state index contributed by atoms with van der Waals surface area (Å²) in [4.78, 5) is 2.63. The molecular formula is C17H30Cl2N2O. The number of benzene rings is 1. The smallest absolute Gasteiger partial charge is 0.118 e. The van der Waals surface area contributed by atoms with Gasteiger partial charge in [-0.1, -0.05) is 26.0 Å². The van der Waals surface area contributed by atoms with E-state index in [-0.39, 0.29) is 24.8 Å². The van der Waals surface area contributed by atoms with Gasteiger partial charge in [-0.15, -0.1) is 24.8 Å². The van der Waals surface area contributed by atoms with Gasteiger partial charge in [0.1, 0.15) is 5.75 Å².